The van der Waals surface area contributed by atoms with Gasteiger partial charge in [-0.25, -0.2) is 5.43 Å². The van der Waals surface area contributed by atoms with Gasteiger partial charge in [0.25, 0.3) is 11.8 Å². The van der Waals surface area contributed by atoms with Crippen molar-refractivity contribution < 1.29 is 9.59 Å². The van der Waals surface area contributed by atoms with Gasteiger partial charge in [-0.2, -0.15) is 5.10 Å². The first-order valence-electron chi connectivity index (χ1n) is 8.35. The average Bonchev–Trinajstić information content (AvgIpc) is 2.69. The number of hydrazone groups is 1. The lowest BCUT2D eigenvalue weighted by atomic mass is 10.1. The van der Waals surface area contributed by atoms with Crippen LogP contribution in [0.25, 0.3) is 0 Å². The second kappa shape index (κ2) is 8.53. The molecule has 0 radical (unpaired) electrons. The molecule has 1 aromatic heterocycles. The van der Waals surface area contributed by atoms with Crippen molar-refractivity contribution in [2.45, 2.75) is 6.92 Å². The van der Waals surface area contributed by atoms with E-state index in [1.54, 1.807) is 54.6 Å². The zero-order chi connectivity index (χ0) is 19.1. The number of rotatable bonds is 5. The van der Waals surface area contributed by atoms with Crippen molar-refractivity contribution in [3.8, 4) is 0 Å². The van der Waals surface area contributed by atoms with Gasteiger partial charge in [0.2, 0.25) is 0 Å². The smallest absolute Gasteiger partial charge is 0.271 e. The van der Waals surface area contributed by atoms with Crippen molar-refractivity contribution in [3.63, 3.8) is 0 Å². The fourth-order valence-corrected chi connectivity index (χ4v) is 2.39. The van der Waals surface area contributed by atoms with Crippen LogP contribution in [0.5, 0.6) is 0 Å². The van der Waals surface area contributed by atoms with Gasteiger partial charge in [0.15, 0.2) is 0 Å². The van der Waals surface area contributed by atoms with E-state index in [1.165, 1.54) is 6.21 Å². The zero-order valence-corrected chi connectivity index (χ0v) is 14.7. The number of carbonyl (C=O) groups excluding carboxylic acids is 2. The van der Waals surface area contributed by atoms with Gasteiger partial charge in [0.1, 0.15) is 0 Å². The predicted molar refractivity (Wildman–Crippen MR) is 105 cm³/mol. The van der Waals surface area contributed by atoms with Crippen LogP contribution in [0.2, 0.25) is 0 Å². The summed E-state index contributed by atoms with van der Waals surface area (Å²) >= 11 is 0. The summed E-state index contributed by atoms with van der Waals surface area (Å²) in [5.41, 5.74) is 5.43. The fraction of sp³-hybridized carbons (Fsp3) is 0.0476. The van der Waals surface area contributed by atoms with Crippen molar-refractivity contribution in [3.05, 3.63) is 95.3 Å². The minimum atomic E-state index is -0.380. The Morgan fingerprint density at radius 3 is 2.41 bits per heavy atom. The normalized spacial score (nSPS) is 10.6. The summed E-state index contributed by atoms with van der Waals surface area (Å²) in [7, 11) is 0. The molecule has 2 N–H and O–H groups in total. The third kappa shape index (κ3) is 5.09. The highest BCUT2D eigenvalue weighted by Crippen LogP contribution is 2.12. The number of nitrogens with zero attached hydrogens (tertiary/aromatic N) is 2. The highest BCUT2D eigenvalue weighted by atomic mass is 16.2. The number of aryl methyl sites for hydroxylation is 1. The minimum absolute atomic E-state index is 0.239. The lowest BCUT2D eigenvalue weighted by Gasteiger charge is -2.07. The Hall–Kier alpha value is -3.80. The second-order valence-corrected chi connectivity index (χ2v) is 5.80. The summed E-state index contributed by atoms with van der Waals surface area (Å²) in [4.78, 5) is 28.7. The molecule has 0 atom stereocenters. The number of pyridine rings is 1. The highest BCUT2D eigenvalue weighted by molar-refractivity contribution is 6.05. The van der Waals surface area contributed by atoms with Gasteiger partial charge in [-0.05, 0) is 49.4 Å². The van der Waals surface area contributed by atoms with Gasteiger partial charge in [-0.3, -0.25) is 14.6 Å². The van der Waals surface area contributed by atoms with Crippen LogP contribution in [0, 0.1) is 6.92 Å². The van der Waals surface area contributed by atoms with Crippen LogP contribution >= 0.6 is 0 Å². The van der Waals surface area contributed by atoms with Gasteiger partial charge >= 0.3 is 0 Å². The summed E-state index contributed by atoms with van der Waals surface area (Å²) in [6.07, 6.45) is 1.48. The summed E-state index contributed by atoms with van der Waals surface area (Å²) in [5.74, 6) is -0.619. The van der Waals surface area contributed by atoms with Crippen molar-refractivity contribution in [1.29, 1.82) is 0 Å². The van der Waals surface area contributed by atoms with Crippen molar-refractivity contribution in [1.82, 2.24) is 10.4 Å². The average molecular weight is 358 g/mol. The van der Waals surface area contributed by atoms with Gasteiger partial charge in [-0.15, -0.1) is 0 Å². The molecule has 0 saturated carbocycles. The standard InChI is InChI=1S/C21H18N4O2/c1-15-7-5-12-19(23-15)14-22-25-21(27)17-10-6-11-18(13-17)24-20(26)16-8-3-2-4-9-16/h2-14H,1H3,(H,24,26)(H,25,27)/b22-14+. The molecular weight excluding hydrogens is 340 g/mol. The van der Waals surface area contributed by atoms with E-state index in [0.29, 0.717) is 22.5 Å². The Bertz CT molecular complexity index is 984. The van der Waals surface area contributed by atoms with Crippen molar-refractivity contribution in [2.75, 3.05) is 5.32 Å². The number of anilines is 1. The first kappa shape index (κ1) is 18.0. The number of hydrogen-bond acceptors (Lipinski definition) is 4. The molecule has 3 aromatic rings. The molecule has 134 valence electrons. The molecule has 0 fully saturated rings. The number of hydrogen-bond donors (Lipinski definition) is 2. The molecule has 27 heavy (non-hydrogen) atoms. The topological polar surface area (TPSA) is 83.5 Å². The van der Waals surface area contributed by atoms with E-state index >= 15 is 0 Å². The molecule has 0 aliphatic heterocycles. The molecule has 6 heteroatoms. The first-order valence-corrected chi connectivity index (χ1v) is 8.35. The van der Waals surface area contributed by atoms with E-state index in [2.05, 4.69) is 20.8 Å². The van der Waals surface area contributed by atoms with Gasteiger partial charge in [0, 0.05) is 22.5 Å². The van der Waals surface area contributed by atoms with E-state index in [1.807, 2.05) is 25.1 Å². The largest absolute Gasteiger partial charge is 0.322 e. The van der Waals surface area contributed by atoms with Gasteiger partial charge < -0.3 is 5.32 Å². The number of benzene rings is 2. The molecule has 0 spiro atoms. The quantitative estimate of drug-likeness (QED) is 0.541. The summed E-state index contributed by atoms with van der Waals surface area (Å²) in [6, 6.07) is 21.1. The molecule has 0 aliphatic carbocycles. The van der Waals surface area contributed by atoms with Crippen LogP contribution in [-0.2, 0) is 0 Å². The monoisotopic (exact) mass is 358 g/mol. The molecule has 1 heterocycles. The molecule has 2 amide bonds. The minimum Gasteiger partial charge on any atom is -0.322 e. The molecule has 0 unspecified atom stereocenters. The number of carbonyl (C=O) groups is 2. The molecule has 6 nitrogen and oxygen atoms in total. The summed E-state index contributed by atoms with van der Waals surface area (Å²) in [6.45, 7) is 1.88. The molecule has 3 rings (SSSR count). The van der Waals surface area contributed by atoms with Crippen LogP contribution < -0.4 is 10.7 Å². The molecule has 0 bridgehead atoms. The highest BCUT2D eigenvalue weighted by Gasteiger charge is 2.08. The molecular formula is C21H18N4O2. The SMILES string of the molecule is Cc1cccc(/C=N/NC(=O)c2cccc(NC(=O)c3ccccc3)c2)n1. The van der Waals surface area contributed by atoms with Crippen molar-refractivity contribution in [2.24, 2.45) is 5.10 Å². The van der Waals surface area contributed by atoms with Crippen LogP contribution in [0.3, 0.4) is 0 Å². The van der Waals surface area contributed by atoms with Crippen molar-refractivity contribution >= 4 is 23.7 Å². The number of aromatic nitrogens is 1. The van der Waals surface area contributed by atoms with E-state index in [-0.39, 0.29) is 11.8 Å². The lowest BCUT2D eigenvalue weighted by molar-refractivity contribution is 0.0953. The Balaban J connectivity index is 1.64. The summed E-state index contributed by atoms with van der Waals surface area (Å²) in [5, 5.41) is 6.70. The number of amides is 2. The lowest BCUT2D eigenvalue weighted by Crippen LogP contribution is -2.18. The van der Waals surface area contributed by atoms with E-state index < -0.39 is 0 Å². The molecule has 0 saturated heterocycles. The zero-order valence-electron chi connectivity index (χ0n) is 14.7. The molecule has 2 aromatic carbocycles. The fourth-order valence-electron chi connectivity index (χ4n) is 2.39. The van der Waals surface area contributed by atoms with E-state index in [4.69, 9.17) is 0 Å². The maximum Gasteiger partial charge on any atom is 0.271 e. The Morgan fingerprint density at radius 1 is 0.889 bits per heavy atom. The number of nitrogens with one attached hydrogen (secondary N) is 2. The Kier molecular flexibility index (Phi) is 5.69. The summed E-state index contributed by atoms with van der Waals surface area (Å²) < 4.78 is 0. The van der Waals surface area contributed by atoms with E-state index in [9.17, 15) is 9.59 Å². The van der Waals surface area contributed by atoms with Crippen LogP contribution in [0.15, 0.2) is 77.9 Å². The van der Waals surface area contributed by atoms with Crippen LogP contribution in [0.4, 0.5) is 5.69 Å². The predicted octanol–water partition coefficient (Wildman–Crippen LogP) is 3.41. The van der Waals surface area contributed by atoms with Gasteiger partial charge in [-0.1, -0.05) is 30.3 Å². The Labute approximate surface area is 157 Å². The second-order valence-electron chi connectivity index (χ2n) is 5.80. The maximum atomic E-state index is 12.3. The van der Waals surface area contributed by atoms with Gasteiger partial charge in [0.05, 0.1) is 11.9 Å². The molecule has 0 aliphatic rings. The first-order chi connectivity index (χ1) is 13.1. The van der Waals surface area contributed by atoms with Crippen LogP contribution in [-0.4, -0.2) is 23.0 Å². The Morgan fingerprint density at radius 2 is 1.63 bits per heavy atom. The third-order valence-electron chi connectivity index (χ3n) is 3.69. The maximum absolute atomic E-state index is 12.3. The van der Waals surface area contributed by atoms with E-state index in [0.717, 1.165) is 5.69 Å². The van der Waals surface area contributed by atoms with Crippen LogP contribution in [0.1, 0.15) is 32.1 Å². The third-order valence-corrected chi connectivity index (χ3v) is 3.69.